The van der Waals surface area contributed by atoms with Gasteiger partial charge in [-0.2, -0.15) is 11.4 Å². The predicted molar refractivity (Wildman–Crippen MR) is 312 cm³/mol. The van der Waals surface area contributed by atoms with Crippen LogP contribution in [0.1, 0.15) is 214 Å². The van der Waals surface area contributed by atoms with Crippen LogP contribution in [0, 0.1) is 97.8 Å². The third kappa shape index (κ3) is 10.7. The summed E-state index contributed by atoms with van der Waals surface area (Å²) in [5.74, 6) is 4.72. The Morgan fingerprint density at radius 3 is 1.47 bits per heavy atom. The van der Waals surface area contributed by atoms with Crippen LogP contribution in [0.15, 0.2) is 74.5 Å². The van der Waals surface area contributed by atoms with Gasteiger partial charge < -0.3 is 14.9 Å². The van der Waals surface area contributed by atoms with E-state index in [9.17, 15) is 4.79 Å². The molecular weight excluding hydrogens is 968 g/mol. The molecule has 2 aromatic carbocycles. The van der Waals surface area contributed by atoms with E-state index in [4.69, 9.17) is 20.0 Å². The second kappa shape index (κ2) is 22.8. The number of aromatic nitrogens is 2. The van der Waals surface area contributed by atoms with Crippen LogP contribution in [-0.2, 0) is 24.3 Å². The number of amides is 1. The number of aliphatic imine (C=N–C) groups is 2. The molecule has 4 saturated carbocycles. The maximum atomic E-state index is 13.7. The average molecular weight is 1060 g/mol. The maximum absolute atomic E-state index is 13.7. The van der Waals surface area contributed by atoms with Crippen molar-refractivity contribution in [3.8, 4) is 0 Å². The molecule has 6 aliphatic rings. The van der Waals surface area contributed by atoms with E-state index in [-0.39, 0.29) is 25.4 Å². The van der Waals surface area contributed by atoms with Gasteiger partial charge in [0.2, 0.25) is 0 Å². The van der Waals surface area contributed by atoms with Crippen molar-refractivity contribution in [2.24, 2.45) is 45.5 Å². The van der Waals surface area contributed by atoms with Crippen LogP contribution in [-0.4, -0.2) is 36.3 Å². The Morgan fingerprint density at radius 1 is 0.520 bits per heavy atom. The number of likely N-dealkylation sites (N-methyl/N-ethyl adjacent to an activating group) is 1. The quantitative estimate of drug-likeness (QED) is 0.157. The number of hydrogen-bond acceptors (Lipinski definition) is 3. The third-order valence-corrected chi connectivity index (χ3v) is 19.0. The Kier molecular flexibility index (Phi) is 17.2. The Bertz CT molecular complexity index is 3020. The number of rotatable bonds is 9. The van der Waals surface area contributed by atoms with Gasteiger partial charge in [-0.1, -0.05) is 137 Å². The van der Waals surface area contributed by atoms with E-state index in [2.05, 4.69) is 140 Å². The van der Waals surface area contributed by atoms with Crippen LogP contribution >= 0.6 is 0 Å². The second-order valence-electron chi connectivity index (χ2n) is 24.9. The van der Waals surface area contributed by atoms with Gasteiger partial charge in [-0.05, 0) is 199 Å². The molecule has 2 aromatic heterocycles. The van der Waals surface area contributed by atoms with Crippen molar-refractivity contribution in [2.45, 2.75) is 193 Å². The molecular formula is C68H89N5OZn. The zero-order chi connectivity index (χ0) is 53.2. The summed E-state index contributed by atoms with van der Waals surface area (Å²) in [4.78, 5) is 37.1. The van der Waals surface area contributed by atoms with E-state index in [1.54, 1.807) is 4.90 Å². The monoisotopic (exact) mass is 1060 g/mol. The number of allylic oxidation sites excluding steroid dienone is 3. The van der Waals surface area contributed by atoms with Crippen molar-refractivity contribution in [1.82, 2.24) is 14.9 Å². The Balaban J connectivity index is 0.000000198. The molecule has 75 heavy (non-hydrogen) atoms. The minimum Gasteiger partial charge on any atom is -0.660 e. The second-order valence-corrected chi connectivity index (χ2v) is 24.9. The molecule has 2 aliphatic heterocycles. The van der Waals surface area contributed by atoms with Crippen LogP contribution in [0.4, 0.5) is 0 Å². The third-order valence-electron chi connectivity index (χ3n) is 19.0. The molecule has 394 valence electrons. The van der Waals surface area contributed by atoms with Gasteiger partial charge in [0.1, 0.15) is 0 Å². The normalized spacial score (nSPS) is 26.8. The van der Waals surface area contributed by atoms with E-state index >= 15 is 0 Å². The summed E-state index contributed by atoms with van der Waals surface area (Å²) in [5.41, 5.74) is 28.8. The van der Waals surface area contributed by atoms with E-state index in [1.807, 2.05) is 14.1 Å². The molecule has 0 saturated heterocycles. The summed E-state index contributed by atoms with van der Waals surface area (Å²) in [7, 11) is 3.71. The molecule has 0 radical (unpaired) electrons. The van der Waals surface area contributed by atoms with Crippen molar-refractivity contribution < 1.29 is 24.3 Å². The zero-order valence-corrected chi connectivity index (χ0v) is 52.4. The first-order chi connectivity index (χ1) is 35.2. The van der Waals surface area contributed by atoms with Crippen molar-refractivity contribution in [3.63, 3.8) is 0 Å². The standard InChI is InChI=1S/C35H47N3O.C33H43N2.Zn/c1-19-16-22(4)29(23(5)17-19)31(32-24(6)18-28(36-32)26-14-10-12-20(26)2)33-25(7)30(35(39)38(8)9)34(37-33)27-15-11-13-21(27)3;1-18-15-21(4)29(22(5)16-18)30(31-23(6)17-28(34-31)26-13-9-11-19(26)2)33-25(8)24(7)32(35-33)27-14-10-12-20(27)3;/h16-18,20-21,26-27H,10-15H2,1-9H3,(H,36,37,39);15-17,19-20,26-27H,9-14H2,1-8H3;/q;-1;+2/p-1/b;31-30-;. The van der Waals surface area contributed by atoms with Crippen molar-refractivity contribution in [1.29, 1.82) is 0 Å². The van der Waals surface area contributed by atoms with Gasteiger partial charge in [-0.3, -0.25) is 14.8 Å². The molecule has 8 unspecified atom stereocenters. The average Bonchev–Trinajstić information content (AvgIpc) is 4.22. The number of benzene rings is 2. The summed E-state index contributed by atoms with van der Waals surface area (Å²) in [6.45, 7) is 34.0. The topological polar surface area (TPSA) is 73.2 Å². The molecule has 4 heterocycles. The Hall–Kier alpha value is -4.61. The number of carbonyl (C=O) groups is 1. The van der Waals surface area contributed by atoms with Gasteiger partial charge in [0, 0.05) is 31.6 Å². The minimum absolute atomic E-state index is 0. The van der Waals surface area contributed by atoms with Crippen LogP contribution in [0.25, 0.3) is 11.1 Å². The fraction of sp³-hybridized carbons (Fsp3) is 0.544. The number of carbonyl (C=O) groups excluding carboxylic acids is 1. The molecule has 8 atom stereocenters. The number of nitrogens with zero attached hydrogens (tertiary/aromatic N) is 5. The fourth-order valence-corrected chi connectivity index (χ4v) is 14.9. The summed E-state index contributed by atoms with van der Waals surface area (Å²) in [5, 5.41) is 0. The molecule has 0 spiro atoms. The first-order valence-corrected chi connectivity index (χ1v) is 28.9. The van der Waals surface area contributed by atoms with E-state index in [1.165, 1.54) is 166 Å². The Morgan fingerprint density at radius 2 is 0.987 bits per heavy atom. The molecule has 7 heteroatoms. The molecule has 6 nitrogen and oxygen atoms in total. The zero-order valence-electron chi connectivity index (χ0n) is 49.4. The van der Waals surface area contributed by atoms with Crippen LogP contribution < -0.4 is 9.97 Å². The van der Waals surface area contributed by atoms with Crippen molar-refractivity contribution in [3.05, 3.63) is 148 Å². The molecule has 1 amide bonds. The molecule has 4 aromatic rings. The number of hydrogen-bond donors (Lipinski definition) is 0. The minimum atomic E-state index is 0. The first kappa shape index (κ1) is 56.6. The van der Waals surface area contributed by atoms with Gasteiger partial charge in [-0.25, -0.2) is 0 Å². The van der Waals surface area contributed by atoms with Gasteiger partial charge in [0.25, 0.3) is 5.91 Å². The molecule has 4 fully saturated rings. The summed E-state index contributed by atoms with van der Waals surface area (Å²) in [6.07, 6.45) is 17.5. The fourth-order valence-electron chi connectivity index (χ4n) is 14.9. The van der Waals surface area contributed by atoms with Crippen molar-refractivity contribution >= 4 is 28.5 Å². The largest absolute Gasteiger partial charge is 2.00 e. The maximum Gasteiger partial charge on any atom is 2.00 e. The molecule has 0 N–H and O–H groups in total. The van der Waals surface area contributed by atoms with Gasteiger partial charge >= 0.3 is 19.5 Å². The molecule has 4 aliphatic carbocycles. The van der Waals surface area contributed by atoms with Crippen molar-refractivity contribution in [2.75, 3.05) is 14.1 Å². The van der Waals surface area contributed by atoms with Gasteiger partial charge in [-0.15, -0.1) is 11.4 Å². The summed E-state index contributed by atoms with van der Waals surface area (Å²) in [6, 6.07) is 11.5. The number of aryl methyl sites for hydroxylation is 7. The SMILES string of the molecule is CC1=C(C(=O)N(C)C)C(C2CCCC2C)=N/C1=C(\c1[n-]c(C2CCCC2C)cc1C)c1c(C)cc(C)cc1C.CC1=CC(C2CCCC2C)=N/C1=C(\c1[n-]c(C2CCCC2C)c(C)c1C)c1c(C)cc(C)cc1C.[Zn+2]. The van der Waals surface area contributed by atoms with E-state index in [0.717, 1.165) is 57.8 Å². The van der Waals surface area contributed by atoms with Gasteiger partial charge in [0.05, 0.1) is 22.7 Å². The van der Waals surface area contributed by atoms with Crippen LogP contribution in [0.5, 0.6) is 0 Å². The smallest absolute Gasteiger partial charge is 0.660 e. The predicted octanol–water partition coefficient (Wildman–Crippen LogP) is 16.5. The summed E-state index contributed by atoms with van der Waals surface area (Å²) < 4.78 is 0. The first-order valence-electron chi connectivity index (χ1n) is 28.9. The Labute approximate surface area is 465 Å². The van der Waals surface area contributed by atoms with Gasteiger partial charge in [0.15, 0.2) is 0 Å². The van der Waals surface area contributed by atoms with Crippen LogP contribution in [0.2, 0.25) is 0 Å². The van der Waals surface area contributed by atoms with E-state index in [0.29, 0.717) is 35.5 Å². The molecule has 10 rings (SSSR count). The van der Waals surface area contributed by atoms with E-state index < -0.39 is 0 Å². The summed E-state index contributed by atoms with van der Waals surface area (Å²) >= 11 is 0. The molecule has 0 bridgehead atoms. The van der Waals surface area contributed by atoms with Crippen LogP contribution in [0.3, 0.4) is 0 Å².